The molecule has 3 aliphatic rings. The third-order valence-electron chi connectivity index (χ3n) is 6.02. The number of carbonyl (C=O) groups excluding carboxylic acids is 1. The summed E-state index contributed by atoms with van der Waals surface area (Å²) in [6.07, 6.45) is 7.99. The quantitative estimate of drug-likeness (QED) is 0.721. The summed E-state index contributed by atoms with van der Waals surface area (Å²) < 4.78 is 5.15. The monoisotopic (exact) mass is 280 g/mol. The smallest absolute Gasteiger partial charge is 0.231 e. The zero-order chi connectivity index (χ0) is 14.1. The molecule has 0 unspecified atom stereocenters. The van der Waals surface area contributed by atoms with Gasteiger partial charge in [-0.25, -0.2) is 0 Å². The number of fused-ring (bicyclic) bond motifs is 5. The molecule has 0 aliphatic heterocycles. The first kappa shape index (κ1) is 14.3. The normalized spacial score (nSPS) is 38.6. The maximum Gasteiger partial charge on any atom is 0.231 e. The highest BCUT2D eigenvalue weighted by Crippen LogP contribution is 2.59. The zero-order valence-corrected chi connectivity index (χ0v) is 12.6. The molecule has 3 saturated carbocycles. The molecule has 3 aliphatic carbocycles. The summed E-state index contributed by atoms with van der Waals surface area (Å²) in [5, 5.41) is 0. The lowest BCUT2D eigenvalue weighted by molar-refractivity contribution is -0.120. The molecule has 3 rings (SSSR count). The van der Waals surface area contributed by atoms with Crippen LogP contribution in [0.15, 0.2) is 0 Å². The van der Waals surface area contributed by atoms with E-state index in [-0.39, 0.29) is 5.91 Å². The summed E-state index contributed by atoms with van der Waals surface area (Å²) in [4.78, 5) is 13.7. The van der Waals surface area contributed by atoms with Crippen molar-refractivity contribution in [3.63, 3.8) is 0 Å². The molecule has 0 radical (unpaired) electrons. The lowest BCUT2D eigenvalue weighted by atomic mass is 9.78. The molecule has 0 aromatic rings. The highest BCUT2D eigenvalue weighted by atomic mass is 16.5. The minimum atomic E-state index is -0.187. The van der Waals surface area contributed by atoms with Gasteiger partial charge in [0.1, 0.15) is 0 Å². The van der Waals surface area contributed by atoms with Gasteiger partial charge in [0, 0.05) is 26.3 Å². The lowest BCUT2D eigenvalue weighted by Gasteiger charge is -2.38. The molecule has 0 spiro atoms. The minimum absolute atomic E-state index is 0.187. The molecule has 0 aromatic heterocycles. The van der Waals surface area contributed by atoms with Gasteiger partial charge in [0.15, 0.2) is 0 Å². The number of amides is 1. The van der Waals surface area contributed by atoms with Crippen LogP contribution in [0.25, 0.3) is 0 Å². The topological polar surface area (TPSA) is 55.6 Å². The Morgan fingerprint density at radius 1 is 1.25 bits per heavy atom. The number of nitrogens with two attached hydrogens (primary N) is 1. The average molecular weight is 280 g/mol. The highest BCUT2D eigenvalue weighted by Gasteiger charge is 2.54. The van der Waals surface area contributed by atoms with Gasteiger partial charge >= 0.3 is 0 Å². The van der Waals surface area contributed by atoms with Gasteiger partial charge in [-0.2, -0.15) is 0 Å². The Bertz CT molecular complexity index is 360. The van der Waals surface area contributed by atoms with Crippen LogP contribution in [0.5, 0.6) is 0 Å². The summed E-state index contributed by atoms with van der Waals surface area (Å²) in [7, 11) is 1.74. The number of hydrogen-bond acceptors (Lipinski definition) is 3. The molecule has 4 heteroatoms. The molecular weight excluding hydrogens is 252 g/mol. The third-order valence-corrected chi connectivity index (χ3v) is 6.02. The van der Waals surface area contributed by atoms with Crippen LogP contribution >= 0.6 is 0 Å². The number of ether oxygens (including phenoxy) is 1. The van der Waals surface area contributed by atoms with Gasteiger partial charge in [0.25, 0.3) is 0 Å². The largest absolute Gasteiger partial charge is 0.385 e. The van der Waals surface area contributed by atoms with Gasteiger partial charge < -0.3 is 10.5 Å². The molecule has 20 heavy (non-hydrogen) atoms. The molecular formula is C16H28N2O2. The fraction of sp³-hybridized carbons (Fsp3) is 0.938. The molecule has 4 nitrogen and oxygen atoms in total. The summed E-state index contributed by atoms with van der Waals surface area (Å²) in [5.41, 5.74) is 5.46. The van der Waals surface area contributed by atoms with Gasteiger partial charge in [-0.1, -0.05) is 6.42 Å². The van der Waals surface area contributed by atoms with Crippen LogP contribution < -0.4 is 5.73 Å². The first-order valence-corrected chi connectivity index (χ1v) is 8.22. The van der Waals surface area contributed by atoms with E-state index >= 15 is 0 Å². The Labute approximate surface area is 122 Å². The van der Waals surface area contributed by atoms with E-state index in [1.807, 2.05) is 0 Å². The Morgan fingerprint density at radius 2 is 2.05 bits per heavy atom. The van der Waals surface area contributed by atoms with Crippen LogP contribution in [-0.2, 0) is 9.53 Å². The van der Waals surface area contributed by atoms with Gasteiger partial charge in [0.2, 0.25) is 5.91 Å². The van der Waals surface area contributed by atoms with Gasteiger partial charge in [0.05, 0.1) is 6.54 Å². The number of nitrogens with zero attached hydrogens (tertiary/aromatic N) is 1. The minimum Gasteiger partial charge on any atom is -0.385 e. The van der Waals surface area contributed by atoms with Crippen molar-refractivity contribution in [2.45, 2.75) is 44.6 Å². The zero-order valence-electron chi connectivity index (χ0n) is 12.6. The van der Waals surface area contributed by atoms with E-state index in [1.54, 1.807) is 7.11 Å². The molecule has 2 bridgehead atoms. The second-order valence-electron chi connectivity index (χ2n) is 7.00. The van der Waals surface area contributed by atoms with E-state index in [1.165, 1.54) is 32.1 Å². The molecule has 3 fully saturated rings. The Morgan fingerprint density at radius 3 is 2.80 bits per heavy atom. The maximum absolute atomic E-state index is 11.4. The van der Waals surface area contributed by atoms with E-state index < -0.39 is 0 Å². The predicted octanol–water partition coefficient (Wildman–Crippen LogP) is 1.63. The van der Waals surface area contributed by atoms with Crippen LogP contribution in [-0.4, -0.2) is 43.7 Å². The van der Waals surface area contributed by atoms with Gasteiger partial charge in [-0.3, -0.25) is 9.69 Å². The fourth-order valence-electron chi connectivity index (χ4n) is 5.43. The second kappa shape index (κ2) is 6.02. The van der Waals surface area contributed by atoms with Crippen molar-refractivity contribution in [3.8, 4) is 0 Å². The van der Waals surface area contributed by atoms with Crippen molar-refractivity contribution in [2.24, 2.45) is 29.4 Å². The van der Waals surface area contributed by atoms with Crippen molar-refractivity contribution in [3.05, 3.63) is 0 Å². The maximum atomic E-state index is 11.4. The molecule has 114 valence electrons. The fourth-order valence-corrected chi connectivity index (χ4v) is 5.43. The molecule has 0 aromatic carbocycles. The predicted molar refractivity (Wildman–Crippen MR) is 78.1 cm³/mol. The Kier molecular flexibility index (Phi) is 4.32. The number of carbonyl (C=O) groups is 1. The van der Waals surface area contributed by atoms with Crippen LogP contribution in [0, 0.1) is 23.7 Å². The number of methoxy groups -OCH3 is 1. The third kappa shape index (κ3) is 2.60. The van der Waals surface area contributed by atoms with Crippen LogP contribution in [0.4, 0.5) is 0 Å². The molecule has 0 saturated heterocycles. The van der Waals surface area contributed by atoms with E-state index in [2.05, 4.69) is 4.90 Å². The Balaban J connectivity index is 1.64. The van der Waals surface area contributed by atoms with E-state index in [9.17, 15) is 4.79 Å². The van der Waals surface area contributed by atoms with Crippen molar-refractivity contribution in [1.29, 1.82) is 0 Å². The van der Waals surface area contributed by atoms with Crippen molar-refractivity contribution in [1.82, 2.24) is 4.90 Å². The highest BCUT2D eigenvalue weighted by molar-refractivity contribution is 5.76. The molecule has 0 heterocycles. The summed E-state index contributed by atoms with van der Waals surface area (Å²) in [5.74, 6) is 3.51. The van der Waals surface area contributed by atoms with E-state index in [0.717, 1.165) is 43.2 Å². The Hall–Kier alpha value is -0.610. The number of rotatable bonds is 7. The molecule has 5 atom stereocenters. The van der Waals surface area contributed by atoms with Gasteiger partial charge in [-0.15, -0.1) is 0 Å². The SMILES string of the molecule is COCCCN(CC(N)=O)[C@@H]1C[C@H]2C[C@H]1[C@H]1CCC[C@H]21. The lowest BCUT2D eigenvalue weighted by Crippen LogP contribution is -2.47. The molecule has 2 N–H and O–H groups in total. The second-order valence-corrected chi connectivity index (χ2v) is 7.00. The average Bonchev–Trinajstić information content (AvgIpc) is 3.09. The summed E-state index contributed by atoms with van der Waals surface area (Å²) >= 11 is 0. The first-order valence-electron chi connectivity index (χ1n) is 8.22. The summed E-state index contributed by atoms with van der Waals surface area (Å²) in [6.45, 7) is 2.14. The van der Waals surface area contributed by atoms with Crippen LogP contribution in [0.2, 0.25) is 0 Å². The number of hydrogen-bond donors (Lipinski definition) is 1. The first-order chi connectivity index (χ1) is 9.70. The van der Waals surface area contributed by atoms with Crippen LogP contribution in [0.3, 0.4) is 0 Å². The van der Waals surface area contributed by atoms with Crippen molar-refractivity contribution >= 4 is 5.91 Å². The summed E-state index contributed by atoms with van der Waals surface area (Å²) in [6, 6.07) is 0.601. The van der Waals surface area contributed by atoms with Crippen molar-refractivity contribution < 1.29 is 9.53 Å². The van der Waals surface area contributed by atoms with E-state index in [4.69, 9.17) is 10.5 Å². The number of primary amides is 1. The van der Waals surface area contributed by atoms with Gasteiger partial charge in [-0.05, 0) is 55.8 Å². The molecule has 1 amide bonds. The van der Waals surface area contributed by atoms with Crippen molar-refractivity contribution in [2.75, 3.05) is 26.8 Å². The standard InChI is InChI=1S/C16H28N2O2/c1-20-7-3-6-18(10-16(17)19)15-9-11-8-14(15)13-5-2-4-12(11)13/h11-15H,2-10H2,1H3,(H2,17,19)/t11-,12-,13+,14+,15-/m1/s1. The van der Waals surface area contributed by atoms with Crippen LogP contribution in [0.1, 0.15) is 38.5 Å². The van der Waals surface area contributed by atoms with E-state index in [0.29, 0.717) is 12.6 Å².